The smallest absolute Gasteiger partial charge is 0.356 e. The van der Waals surface area contributed by atoms with E-state index in [1.807, 2.05) is 13.8 Å². The van der Waals surface area contributed by atoms with Crippen LogP contribution in [0, 0.1) is 0 Å². The lowest BCUT2D eigenvalue weighted by Gasteiger charge is -2.07. The van der Waals surface area contributed by atoms with Gasteiger partial charge in [0.25, 0.3) is 0 Å². The zero-order valence-corrected chi connectivity index (χ0v) is 11.0. The second-order valence-corrected chi connectivity index (χ2v) is 4.26. The fourth-order valence-electron chi connectivity index (χ4n) is 1.33. The molecular weight excluding hydrogens is 260 g/mol. The van der Waals surface area contributed by atoms with E-state index >= 15 is 0 Å². The van der Waals surface area contributed by atoms with Crippen LogP contribution in [0.2, 0.25) is 0 Å². The molecule has 4 nitrogen and oxygen atoms in total. The number of hydrogen-bond acceptors (Lipinski definition) is 3. The molecule has 0 aliphatic rings. The number of ether oxygens (including phenoxy) is 1. The fraction of sp³-hybridized carbons (Fsp3) is 0.600. The van der Waals surface area contributed by atoms with Crippen LogP contribution in [0.4, 0.5) is 0 Å². The highest BCUT2D eigenvalue weighted by Gasteiger charge is 2.22. The summed E-state index contributed by atoms with van der Waals surface area (Å²) in [6.07, 6.45) is 0. The first kappa shape index (κ1) is 12.2. The average Bonchev–Trinajstić information content (AvgIpc) is 2.44. The van der Waals surface area contributed by atoms with Crippen LogP contribution in [0.5, 0.6) is 0 Å². The predicted molar refractivity (Wildman–Crippen MR) is 61.0 cm³/mol. The molecule has 0 spiro atoms. The molecule has 0 amide bonds. The van der Waals surface area contributed by atoms with Gasteiger partial charge < -0.3 is 9.30 Å². The Bertz CT molecular complexity index is 372. The first-order chi connectivity index (χ1) is 6.99. The zero-order chi connectivity index (χ0) is 11.6. The number of carbonyl (C=O) groups excluding carboxylic acids is 1. The van der Waals surface area contributed by atoms with Gasteiger partial charge in [0, 0.05) is 7.05 Å². The van der Waals surface area contributed by atoms with Crippen molar-refractivity contribution >= 4 is 21.9 Å². The molecular formula is C10H15BrN2O2. The van der Waals surface area contributed by atoms with E-state index in [0.717, 1.165) is 5.69 Å². The maximum Gasteiger partial charge on any atom is 0.356 e. The number of carbonyl (C=O) groups is 1. The molecule has 0 saturated heterocycles. The summed E-state index contributed by atoms with van der Waals surface area (Å²) in [7, 11) is 1.79. The number of rotatable bonds is 3. The van der Waals surface area contributed by atoms with Crippen LogP contribution in [0.1, 0.15) is 42.9 Å². The van der Waals surface area contributed by atoms with Crippen molar-refractivity contribution in [3.8, 4) is 0 Å². The highest BCUT2D eigenvalue weighted by atomic mass is 79.9. The normalized spacial score (nSPS) is 10.8. The van der Waals surface area contributed by atoms with Crippen molar-refractivity contribution < 1.29 is 9.53 Å². The minimum absolute atomic E-state index is 0.196. The number of nitrogens with zero attached hydrogens (tertiary/aromatic N) is 2. The van der Waals surface area contributed by atoms with Crippen LogP contribution < -0.4 is 0 Å². The lowest BCUT2D eigenvalue weighted by molar-refractivity contribution is 0.0513. The van der Waals surface area contributed by atoms with Crippen LogP contribution in [-0.4, -0.2) is 22.1 Å². The zero-order valence-electron chi connectivity index (χ0n) is 9.37. The molecule has 5 heteroatoms. The first-order valence-corrected chi connectivity index (χ1v) is 5.67. The molecule has 0 fully saturated rings. The topological polar surface area (TPSA) is 44.1 Å². The summed E-state index contributed by atoms with van der Waals surface area (Å²) in [5.41, 5.74) is 1.29. The highest BCUT2D eigenvalue weighted by molar-refractivity contribution is 9.10. The van der Waals surface area contributed by atoms with E-state index in [0.29, 0.717) is 17.0 Å². The number of aromatic nitrogens is 2. The summed E-state index contributed by atoms with van der Waals surface area (Å²) >= 11 is 3.30. The Morgan fingerprint density at radius 3 is 2.67 bits per heavy atom. The molecule has 84 valence electrons. The standard InChI is InChI=1S/C10H15BrN2O2/c1-5-15-9(14)8-7(6(2)3)12-10(11)13(8)4/h6H,5H2,1-4H3. The summed E-state index contributed by atoms with van der Waals surface area (Å²) in [4.78, 5) is 16.0. The van der Waals surface area contributed by atoms with Gasteiger partial charge in [-0.15, -0.1) is 0 Å². The lowest BCUT2D eigenvalue weighted by Crippen LogP contribution is -2.13. The average molecular weight is 275 g/mol. The van der Waals surface area contributed by atoms with E-state index < -0.39 is 0 Å². The largest absolute Gasteiger partial charge is 0.461 e. The number of hydrogen-bond donors (Lipinski definition) is 0. The Labute approximate surface area is 97.8 Å². The Morgan fingerprint density at radius 2 is 2.20 bits per heavy atom. The van der Waals surface area contributed by atoms with Crippen molar-refractivity contribution in [2.75, 3.05) is 6.61 Å². The van der Waals surface area contributed by atoms with E-state index in [1.54, 1.807) is 18.5 Å². The van der Waals surface area contributed by atoms with E-state index in [4.69, 9.17) is 4.74 Å². The van der Waals surface area contributed by atoms with Crippen LogP contribution in [0.15, 0.2) is 4.73 Å². The number of halogens is 1. The third-order valence-electron chi connectivity index (χ3n) is 2.08. The molecule has 15 heavy (non-hydrogen) atoms. The first-order valence-electron chi connectivity index (χ1n) is 4.88. The van der Waals surface area contributed by atoms with Crippen molar-refractivity contribution in [3.63, 3.8) is 0 Å². The molecule has 0 atom stereocenters. The maximum absolute atomic E-state index is 11.7. The molecule has 0 radical (unpaired) electrons. The SMILES string of the molecule is CCOC(=O)c1c(C(C)C)nc(Br)n1C. The van der Waals surface area contributed by atoms with Crippen LogP contribution in [0.3, 0.4) is 0 Å². The second-order valence-electron chi connectivity index (χ2n) is 3.55. The van der Waals surface area contributed by atoms with Crippen LogP contribution in [-0.2, 0) is 11.8 Å². The molecule has 0 aromatic carbocycles. The van der Waals surface area contributed by atoms with Gasteiger partial charge in [0.15, 0.2) is 10.4 Å². The van der Waals surface area contributed by atoms with Crippen molar-refractivity contribution in [1.82, 2.24) is 9.55 Å². The van der Waals surface area contributed by atoms with Gasteiger partial charge in [-0.2, -0.15) is 0 Å². The minimum atomic E-state index is -0.318. The van der Waals surface area contributed by atoms with E-state index in [-0.39, 0.29) is 11.9 Å². The second kappa shape index (κ2) is 4.79. The van der Waals surface area contributed by atoms with Crippen LogP contribution >= 0.6 is 15.9 Å². The Morgan fingerprint density at radius 1 is 1.60 bits per heavy atom. The summed E-state index contributed by atoms with van der Waals surface area (Å²) in [6.45, 7) is 6.16. The van der Waals surface area contributed by atoms with Crippen molar-refractivity contribution in [1.29, 1.82) is 0 Å². The van der Waals surface area contributed by atoms with Crippen molar-refractivity contribution in [2.45, 2.75) is 26.7 Å². The molecule has 0 aliphatic heterocycles. The van der Waals surface area contributed by atoms with Gasteiger partial charge in [-0.1, -0.05) is 13.8 Å². The van der Waals surface area contributed by atoms with Gasteiger partial charge in [0.05, 0.1) is 12.3 Å². The van der Waals surface area contributed by atoms with Crippen molar-refractivity contribution in [3.05, 3.63) is 16.1 Å². The fourth-order valence-corrected chi connectivity index (χ4v) is 1.70. The van der Waals surface area contributed by atoms with E-state index in [1.165, 1.54) is 0 Å². The Balaban J connectivity index is 3.19. The van der Waals surface area contributed by atoms with Gasteiger partial charge >= 0.3 is 5.97 Å². The summed E-state index contributed by atoms with van der Waals surface area (Å²) in [5, 5.41) is 0. The summed E-state index contributed by atoms with van der Waals surface area (Å²) in [5.74, 6) is -0.121. The highest BCUT2D eigenvalue weighted by Crippen LogP contribution is 2.23. The Hall–Kier alpha value is -0.840. The van der Waals surface area contributed by atoms with Gasteiger partial charge in [-0.25, -0.2) is 9.78 Å². The number of esters is 1. The molecule has 1 aromatic heterocycles. The van der Waals surface area contributed by atoms with Crippen molar-refractivity contribution in [2.24, 2.45) is 7.05 Å². The monoisotopic (exact) mass is 274 g/mol. The van der Waals surface area contributed by atoms with Gasteiger partial charge in [0.1, 0.15) is 0 Å². The quantitative estimate of drug-likeness (QED) is 0.796. The molecule has 0 saturated carbocycles. The predicted octanol–water partition coefficient (Wildman–Crippen LogP) is 2.48. The summed E-state index contributed by atoms with van der Waals surface area (Å²) in [6, 6.07) is 0. The van der Waals surface area contributed by atoms with Gasteiger partial charge in [-0.3, -0.25) is 0 Å². The molecule has 0 bridgehead atoms. The Kier molecular flexibility index (Phi) is 3.90. The molecule has 1 aromatic rings. The molecule has 1 heterocycles. The maximum atomic E-state index is 11.7. The van der Waals surface area contributed by atoms with E-state index in [9.17, 15) is 4.79 Å². The minimum Gasteiger partial charge on any atom is -0.461 e. The molecule has 1 rings (SSSR count). The lowest BCUT2D eigenvalue weighted by atomic mass is 10.1. The molecule has 0 N–H and O–H groups in total. The third kappa shape index (κ3) is 2.40. The molecule has 0 aliphatic carbocycles. The third-order valence-corrected chi connectivity index (χ3v) is 2.79. The van der Waals surface area contributed by atoms with E-state index in [2.05, 4.69) is 20.9 Å². The summed E-state index contributed by atoms with van der Waals surface area (Å²) < 4.78 is 7.34. The molecule has 0 unspecified atom stereocenters. The number of imidazole rings is 1. The van der Waals surface area contributed by atoms with Gasteiger partial charge in [-0.05, 0) is 28.8 Å². The van der Waals surface area contributed by atoms with Gasteiger partial charge in [0.2, 0.25) is 0 Å². The van der Waals surface area contributed by atoms with Crippen LogP contribution in [0.25, 0.3) is 0 Å².